The maximum Gasteiger partial charge on any atom is 0.308 e. The van der Waals surface area contributed by atoms with Gasteiger partial charge < -0.3 is 4.74 Å². The van der Waals surface area contributed by atoms with E-state index in [9.17, 15) is 4.79 Å². The first-order chi connectivity index (χ1) is 10.6. The van der Waals surface area contributed by atoms with Crippen molar-refractivity contribution in [2.24, 2.45) is 0 Å². The molecule has 3 nitrogen and oxygen atoms in total. The van der Waals surface area contributed by atoms with Crippen molar-refractivity contribution < 1.29 is 9.53 Å². The molecule has 122 valence electrons. The average Bonchev–Trinajstić information content (AvgIpc) is 2.48. The Morgan fingerprint density at radius 3 is 2.55 bits per heavy atom. The van der Waals surface area contributed by atoms with E-state index in [4.69, 9.17) is 4.74 Å². The summed E-state index contributed by atoms with van der Waals surface area (Å²) >= 11 is 0. The largest absolute Gasteiger partial charge is 0.426 e. The summed E-state index contributed by atoms with van der Waals surface area (Å²) in [6, 6.07) is 6.73. The van der Waals surface area contributed by atoms with E-state index in [1.165, 1.54) is 44.0 Å². The topological polar surface area (TPSA) is 29.5 Å². The summed E-state index contributed by atoms with van der Waals surface area (Å²) < 4.78 is 5.40. The van der Waals surface area contributed by atoms with Crippen molar-refractivity contribution in [3.8, 4) is 5.75 Å². The first-order valence-corrected chi connectivity index (χ1v) is 8.62. The highest BCUT2D eigenvalue weighted by Crippen LogP contribution is 2.38. The fourth-order valence-corrected chi connectivity index (χ4v) is 3.79. The molecular formula is C19H29NO2. The van der Waals surface area contributed by atoms with E-state index in [1.807, 2.05) is 12.1 Å². The lowest BCUT2D eigenvalue weighted by atomic mass is 9.79. The van der Waals surface area contributed by atoms with Crippen LogP contribution in [0.4, 0.5) is 0 Å². The number of benzene rings is 1. The highest BCUT2D eigenvalue weighted by atomic mass is 16.5. The zero-order valence-electron chi connectivity index (χ0n) is 14.4. The third-order valence-corrected chi connectivity index (χ3v) is 4.67. The molecule has 0 aliphatic heterocycles. The van der Waals surface area contributed by atoms with Crippen LogP contribution >= 0.6 is 0 Å². The molecular weight excluding hydrogens is 274 g/mol. The summed E-state index contributed by atoms with van der Waals surface area (Å²) in [5.74, 6) is 1.01. The van der Waals surface area contributed by atoms with Gasteiger partial charge in [-0.2, -0.15) is 0 Å². The highest BCUT2D eigenvalue weighted by molar-refractivity contribution is 5.70. The van der Waals surface area contributed by atoms with E-state index < -0.39 is 0 Å². The number of nitrogens with zero attached hydrogens (tertiary/aromatic N) is 1. The van der Waals surface area contributed by atoms with Crippen molar-refractivity contribution in [1.82, 2.24) is 4.90 Å². The highest BCUT2D eigenvalue weighted by Gasteiger charge is 2.31. The van der Waals surface area contributed by atoms with E-state index in [-0.39, 0.29) is 5.97 Å². The average molecular weight is 303 g/mol. The molecule has 0 bridgehead atoms. The summed E-state index contributed by atoms with van der Waals surface area (Å²) in [7, 11) is 0. The van der Waals surface area contributed by atoms with Gasteiger partial charge >= 0.3 is 5.97 Å². The van der Waals surface area contributed by atoms with Crippen LogP contribution in [0.2, 0.25) is 0 Å². The minimum atomic E-state index is -0.234. The van der Waals surface area contributed by atoms with Crippen molar-refractivity contribution in [3.05, 3.63) is 29.3 Å². The molecule has 0 heterocycles. The number of rotatable bonds is 6. The van der Waals surface area contributed by atoms with Crippen molar-refractivity contribution in [3.63, 3.8) is 0 Å². The number of carbonyl (C=O) groups is 1. The van der Waals surface area contributed by atoms with Crippen molar-refractivity contribution >= 4 is 5.97 Å². The summed E-state index contributed by atoms with van der Waals surface area (Å²) in [6.45, 7) is 10.6. The maximum atomic E-state index is 11.3. The molecule has 0 unspecified atom stereocenters. The Balaban J connectivity index is 2.25. The SMILES string of the molecule is CCCN(CCC)[C@H]1CCc2c(OC(C)=O)cccc2[C@H]1C. The van der Waals surface area contributed by atoms with Crippen LogP contribution in [-0.2, 0) is 11.2 Å². The van der Waals surface area contributed by atoms with Gasteiger partial charge in [0.15, 0.2) is 0 Å². The maximum absolute atomic E-state index is 11.3. The van der Waals surface area contributed by atoms with E-state index in [0.717, 1.165) is 18.6 Å². The molecule has 0 saturated heterocycles. The van der Waals surface area contributed by atoms with Crippen LogP contribution in [0.5, 0.6) is 5.75 Å². The monoisotopic (exact) mass is 303 g/mol. The Morgan fingerprint density at radius 2 is 1.95 bits per heavy atom. The van der Waals surface area contributed by atoms with Crippen LogP contribution in [0.1, 0.15) is 64.0 Å². The van der Waals surface area contributed by atoms with Gasteiger partial charge in [-0.3, -0.25) is 9.69 Å². The molecule has 1 aromatic carbocycles. The molecule has 0 spiro atoms. The second kappa shape index (κ2) is 7.77. The number of ether oxygens (including phenoxy) is 1. The molecule has 0 fully saturated rings. The molecule has 2 atom stereocenters. The Morgan fingerprint density at radius 1 is 1.27 bits per heavy atom. The lowest BCUT2D eigenvalue weighted by Gasteiger charge is -2.40. The molecule has 22 heavy (non-hydrogen) atoms. The van der Waals surface area contributed by atoms with Gasteiger partial charge in [0.05, 0.1) is 0 Å². The van der Waals surface area contributed by atoms with E-state index in [0.29, 0.717) is 12.0 Å². The Bertz CT molecular complexity index is 506. The van der Waals surface area contributed by atoms with Gasteiger partial charge in [0, 0.05) is 13.0 Å². The Kier molecular flexibility index (Phi) is 6.01. The van der Waals surface area contributed by atoms with Gasteiger partial charge in [-0.25, -0.2) is 0 Å². The van der Waals surface area contributed by atoms with Crippen LogP contribution in [-0.4, -0.2) is 30.0 Å². The predicted molar refractivity (Wildman–Crippen MR) is 90.4 cm³/mol. The molecule has 0 saturated carbocycles. The van der Waals surface area contributed by atoms with Gasteiger partial charge in [0.2, 0.25) is 0 Å². The van der Waals surface area contributed by atoms with E-state index in [2.05, 4.69) is 31.7 Å². The van der Waals surface area contributed by atoms with Crippen LogP contribution in [0.3, 0.4) is 0 Å². The van der Waals surface area contributed by atoms with Gasteiger partial charge in [0.1, 0.15) is 5.75 Å². The first-order valence-electron chi connectivity index (χ1n) is 8.62. The van der Waals surface area contributed by atoms with Gasteiger partial charge in [-0.15, -0.1) is 0 Å². The zero-order valence-corrected chi connectivity index (χ0v) is 14.4. The van der Waals surface area contributed by atoms with Gasteiger partial charge in [-0.05, 0) is 61.9 Å². The molecule has 0 amide bonds. The summed E-state index contributed by atoms with van der Waals surface area (Å²) in [5.41, 5.74) is 2.58. The van der Waals surface area contributed by atoms with Crippen molar-refractivity contribution in [2.45, 2.75) is 65.3 Å². The number of hydrogen-bond acceptors (Lipinski definition) is 3. The van der Waals surface area contributed by atoms with Crippen LogP contribution in [0.15, 0.2) is 18.2 Å². The lowest BCUT2D eigenvalue weighted by Crippen LogP contribution is -2.42. The predicted octanol–water partition coefficient (Wildman–Crippen LogP) is 4.15. The fraction of sp³-hybridized carbons (Fsp3) is 0.632. The van der Waals surface area contributed by atoms with Crippen molar-refractivity contribution in [1.29, 1.82) is 0 Å². The van der Waals surface area contributed by atoms with Crippen LogP contribution < -0.4 is 4.74 Å². The first kappa shape index (κ1) is 17.0. The molecule has 0 radical (unpaired) electrons. The number of esters is 1. The fourth-order valence-electron chi connectivity index (χ4n) is 3.79. The molecule has 0 aromatic heterocycles. The molecule has 2 rings (SSSR count). The van der Waals surface area contributed by atoms with Crippen molar-refractivity contribution in [2.75, 3.05) is 13.1 Å². The number of hydrogen-bond donors (Lipinski definition) is 0. The third-order valence-electron chi connectivity index (χ3n) is 4.67. The number of fused-ring (bicyclic) bond motifs is 1. The minimum absolute atomic E-state index is 0.234. The molecule has 1 aliphatic carbocycles. The third kappa shape index (κ3) is 3.70. The summed E-state index contributed by atoms with van der Waals surface area (Å²) in [5, 5.41) is 0. The molecule has 0 N–H and O–H groups in total. The second-order valence-corrected chi connectivity index (χ2v) is 6.35. The summed E-state index contributed by atoms with van der Waals surface area (Å²) in [6.07, 6.45) is 4.54. The summed E-state index contributed by atoms with van der Waals surface area (Å²) in [4.78, 5) is 13.9. The molecule has 3 heteroatoms. The Labute approximate surface area is 134 Å². The number of carbonyl (C=O) groups excluding carboxylic acids is 1. The van der Waals surface area contributed by atoms with E-state index >= 15 is 0 Å². The standard InChI is InChI=1S/C19H29NO2/c1-5-12-20(13-6-2)18-11-10-17-16(14(18)3)8-7-9-19(17)22-15(4)21/h7-9,14,18H,5-6,10-13H2,1-4H3/t14-,18+/m1/s1. The van der Waals surface area contributed by atoms with Gasteiger partial charge in [0.25, 0.3) is 0 Å². The van der Waals surface area contributed by atoms with Gasteiger partial charge in [-0.1, -0.05) is 32.9 Å². The van der Waals surface area contributed by atoms with Crippen LogP contribution in [0.25, 0.3) is 0 Å². The van der Waals surface area contributed by atoms with Crippen LogP contribution in [0, 0.1) is 0 Å². The lowest BCUT2D eigenvalue weighted by molar-refractivity contribution is -0.131. The minimum Gasteiger partial charge on any atom is -0.426 e. The molecule has 1 aromatic rings. The Hall–Kier alpha value is -1.35. The quantitative estimate of drug-likeness (QED) is 0.584. The van der Waals surface area contributed by atoms with E-state index in [1.54, 1.807) is 0 Å². The smallest absolute Gasteiger partial charge is 0.308 e. The zero-order chi connectivity index (χ0) is 16.1. The second-order valence-electron chi connectivity index (χ2n) is 6.35. The normalized spacial score (nSPS) is 20.8. The molecule has 1 aliphatic rings.